The van der Waals surface area contributed by atoms with Crippen LogP contribution in [0.4, 0.5) is 0 Å². The zero-order valence-electron chi connectivity index (χ0n) is 10.7. The molecule has 0 amide bonds. The summed E-state index contributed by atoms with van der Waals surface area (Å²) in [6.45, 7) is 2.03. The third-order valence-electron chi connectivity index (χ3n) is 2.80. The van der Waals surface area contributed by atoms with Gasteiger partial charge in [-0.3, -0.25) is 0 Å². The van der Waals surface area contributed by atoms with E-state index in [4.69, 9.17) is 16.3 Å². The van der Waals surface area contributed by atoms with E-state index in [0.29, 0.717) is 11.0 Å². The molecule has 2 aromatic rings. The SMILES string of the molecule is CCc1nc(C(OC)c2ccccc2)nc(Cl)c1Br. The number of methoxy groups -OCH3 is 1. The number of hydrogen-bond acceptors (Lipinski definition) is 3. The maximum absolute atomic E-state index is 6.13. The fraction of sp³-hybridized carbons (Fsp3) is 0.286. The van der Waals surface area contributed by atoms with Crippen molar-refractivity contribution in [3.8, 4) is 0 Å². The van der Waals surface area contributed by atoms with Crippen LogP contribution in [0.1, 0.15) is 30.1 Å². The van der Waals surface area contributed by atoms with E-state index < -0.39 is 0 Å². The molecule has 0 aliphatic rings. The Labute approximate surface area is 126 Å². The van der Waals surface area contributed by atoms with Gasteiger partial charge in [0.25, 0.3) is 0 Å². The van der Waals surface area contributed by atoms with Crippen molar-refractivity contribution in [1.82, 2.24) is 9.97 Å². The monoisotopic (exact) mass is 340 g/mol. The van der Waals surface area contributed by atoms with Crippen LogP contribution in [-0.4, -0.2) is 17.1 Å². The molecule has 0 aliphatic heterocycles. The first kappa shape index (κ1) is 14.4. The summed E-state index contributed by atoms with van der Waals surface area (Å²) in [5.74, 6) is 0.582. The minimum absolute atomic E-state index is 0.308. The van der Waals surface area contributed by atoms with Gasteiger partial charge in [0.2, 0.25) is 0 Å². The van der Waals surface area contributed by atoms with E-state index in [1.54, 1.807) is 7.11 Å². The molecule has 2 rings (SSSR count). The van der Waals surface area contributed by atoms with Crippen molar-refractivity contribution in [3.63, 3.8) is 0 Å². The summed E-state index contributed by atoms with van der Waals surface area (Å²) >= 11 is 9.54. The number of hydrogen-bond donors (Lipinski definition) is 0. The Morgan fingerprint density at radius 2 is 1.95 bits per heavy atom. The summed E-state index contributed by atoms with van der Waals surface area (Å²) in [4.78, 5) is 8.84. The van der Waals surface area contributed by atoms with Crippen LogP contribution in [0.25, 0.3) is 0 Å². The third kappa shape index (κ3) is 3.14. The predicted octanol–water partition coefficient (Wildman–Crippen LogP) is 4.19. The predicted molar refractivity (Wildman–Crippen MR) is 79.4 cm³/mol. The fourth-order valence-corrected chi connectivity index (χ4v) is 2.50. The smallest absolute Gasteiger partial charge is 0.163 e. The van der Waals surface area contributed by atoms with E-state index in [1.807, 2.05) is 37.3 Å². The van der Waals surface area contributed by atoms with Gasteiger partial charge in [-0.25, -0.2) is 9.97 Å². The second-order valence-electron chi connectivity index (χ2n) is 4.01. The molecule has 0 spiro atoms. The van der Waals surface area contributed by atoms with Gasteiger partial charge in [0.15, 0.2) is 5.82 Å². The third-order valence-corrected chi connectivity index (χ3v) is 4.14. The van der Waals surface area contributed by atoms with Gasteiger partial charge in [0.1, 0.15) is 11.3 Å². The highest BCUT2D eigenvalue weighted by Gasteiger charge is 2.19. The zero-order chi connectivity index (χ0) is 13.8. The number of rotatable bonds is 4. The molecular weight excluding hydrogens is 328 g/mol. The molecule has 3 nitrogen and oxygen atoms in total. The Morgan fingerprint density at radius 1 is 1.26 bits per heavy atom. The Kier molecular flexibility index (Phi) is 4.91. The Balaban J connectivity index is 2.47. The summed E-state index contributed by atoms with van der Waals surface area (Å²) in [5, 5.41) is 0.417. The molecule has 5 heteroatoms. The van der Waals surface area contributed by atoms with E-state index in [0.717, 1.165) is 22.2 Å². The molecule has 0 bridgehead atoms. The van der Waals surface area contributed by atoms with Gasteiger partial charge in [0, 0.05) is 7.11 Å². The lowest BCUT2D eigenvalue weighted by molar-refractivity contribution is 0.129. The van der Waals surface area contributed by atoms with E-state index in [2.05, 4.69) is 25.9 Å². The minimum atomic E-state index is -0.308. The molecule has 1 aromatic carbocycles. The first-order chi connectivity index (χ1) is 9.17. The van der Waals surface area contributed by atoms with Gasteiger partial charge in [0.05, 0.1) is 10.2 Å². The molecule has 0 N–H and O–H groups in total. The highest BCUT2D eigenvalue weighted by atomic mass is 79.9. The first-order valence-electron chi connectivity index (χ1n) is 5.97. The number of benzene rings is 1. The normalized spacial score (nSPS) is 12.4. The fourth-order valence-electron chi connectivity index (χ4n) is 1.85. The van der Waals surface area contributed by atoms with Crippen molar-refractivity contribution in [3.05, 3.63) is 57.0 Å². The van der Waals surface area contributed by atoms with Crippen LogP contribution in [0.3, 0.4) is 0 Å². The largest absolute Gasteiger partial charge is 0.369 e. The second-order valence-corrected chi connectivity index (χ2v) is 5.16. The Bertz CT molecular complexity index is 563. The van der Waals surface area contributed by atoms with Gasteiger partial charge in [-0.1, -0.05) is 48.9 Å². The van der Waals surface area contributed by atoms with E-state index >= 15 is 0 Å². The lowest BCUT2D eigenvalue weighted by Gasteiger charge is -2.16. The summed E-state index contributed by atoms with van der Waals surface area (Å²) < 4.78 is 6.27. The van der Waals surface area contributed by atoms with Gasteiger partial charge >= 0.3 is 0 Å². The molecule has 0 saturated heterocycles. The van der Waals surface area contributed by atoms with Crippen molar-refractivity contribution in [2.24, 2.45) is 0 Å². The quantitative estimate of drug-likeness (QED) is 0.782. The molecule has 0 fully saturated rings. The molecule has 1 heterocycles. The lowest BCUT2D eigenvalue weighted by Crippen LogP contribution is -2.10. The Hall–Kier alpha value is -0.970. The van der Waals surface area contributed by atoms with Crippen LogP contribution in [-0.2, 0) is 11.2 Å². The summed E-state index contributed by atoms with van der Waals surface area (Å²) in [7, 11) is 1.64. The minimum Gasteiger partial charge on any atom is -0.369 e. The highest BCUT2D eigenvalue weighted by molar-refractivity contribution is 9.10. The first-order valence-corrected chi connectivity index (χ1v) is 7.14. The van der Waals surface area contributed by atoms with E-state index in [1.165, 1.54) is 0 Å². The van der Waals surface area contributed by atoms with E-state index in [9.17, 15) is 0 Å². The number of ether oxygens (including phenoxy) is 1. The van der Waals surface area contributed by atoms with Gasteiger partial charge < -0.3 is 4.74 Å². The lowest BCUT2D eigenvalue weighted by atomic mass is 10.1. The molecule has 1 unspecified atom stereocenters. The van der Waals surface area contributed by atoms with Crippen LogP contribution >= 0.6 is 27.5 Å². The van der Waals surface area contributed by atoms with Crippen LogP contribution in [0.15, 0.2) is 34.8 Å². The molecular formula is C14H14BrClN2O. The maximum atomic E-state index is 6.13. The topological polar surface area (TPSA) is 35.0 Å². The van der Waals surface area contributed by atoms with Crippen molar-refractivity contribution in [2.45, 2.75) is 19.4 Å². The summed E-state index contributed by atoms with van der Waals surface area (Å²) in [5.41, 5.74) is 1.89. The molecule has 100 valence electrons. The number of halogens is 2. The highest BCUT2D eigenvalue weighted by Crippen LogP contribution is 2.29. The molecule has 0 radical (unpaired) electrons. The Morgan fingerprint density at radius 3 is 2.53 bits per heavy atom. The van der Waals surface area contributed by atoms with Crippen LogP contribution in [0, 0.1) is 0 Å². The van der Waals surface area contributed by atoms with Crippen molar-refractivity contribution in [2.75, 3.05) is 7.11 Å². The summed E-state index contributed by atoms with van der Waals surface area (Å²) in [6.07, 6.45) is 0.471. The number of aromatic nitrogens is 2. The van der Waals surface area contributed by atoms with Gasteiger partial charge in [-0.05, 0) is 27.9 Å². The number of nitrogens with zero attached hydrogens (tertiary/aromatic N) is 2. The molecule has 1 atom stereocenters. The molecule has 19 heavy (non-hydrogen) atoms. The van der Waals surface area contributed by atoms with Crippen molar-refractivity contribution < 1.29 is 4.74 Å². The summed E-state index contributed by atoms with van der Waals surface area (Å²) in [6, 6.07) is 9.85. The molecule has 0 aliphatic carbocycles. The standard InChI is InChI=1S/C14H14BrClN2O/c1-3-10-11(15)13(16)18-14(17-10)12(19-2)9-7-5-4-6-8-9/h4-8,12H,3H2,1-2H3. The molecule has 0 saturated carbocycles. The van der Waals surface area contributed by atoms with Gasteiger partial charge in [-0.15, -0.1) is 0 Å². The average Bonchev–Trinajstić information content (AvgIpc) is 2.44. The average molecular weight is 342 g/mol. The second kappa shape index (κ2) is 6.46. The van der Waals surface area contributed by atoms with E-state index in [-0.39, 0.29) is 6.10 Å². The van der Waals surface area contributed by atoms with Crippen LogP contribution < -0.4 is 0 Å². The maximum Gasteiger partial charge on any atom is 0.163 e. The molecule has 1 aromatic heterocycles. The van der Waals surface area contributed by atoms with Crippen LogP contribution in [0.5, 0.6) is 0 Å². The van der Waals surface area contributed by atoms with Crippen LogP contribution in [0.2, 0.25) is 5.15 Å². The zero-order valence-corrected chi connectivity index (χ0v) is 13.1. The van der Waals surface area contributed by atoms with Crippen molar-refractivity contribution >= 4 is 27.5 Å². The van der Waals surface area contributed by atoms with Crippen molar-refractivity contribution in [1.29, 1.82) is 0 Å². The van der Waals surface area contributed by atoms with Gasteiger partial charge in [-0.2, -0.15) is 0 Å². The number of aryl methyl sites for hydroxylation is 1.